The number of aromatic amines is 1. The van der Waals surface area contributed by atoms with Gasteiger partial charge in [-0.2, -0.15) is 0 Å². The predicted molar refractivity (Wildman–Crippen MR) is 78.4 cm³/mol. The van der Waals surface area contributed by atoms with Gasteiger partial charge in [-0.05, 0) is 32.9 Å². The summed E-state index contributed by atoms with van der Waals surface area (Å²) in [6.45, 7) is 5.58. The zero-order valence-electron chi connectivity index (χ0n) is 11.7. The smallest absolute Gasteiger partial charge is 0.330 e. The number of aryl methyl sites for hydroxylation is 1. The number of carbonyl (C=O) groups is 1. The molecule has 2 amide bonds. The molecule has 3 N–H and O–H groups in total. The van der Waals surface area contributed by atoms with Crippen LogP contribution in [0.3, 0.4) is 0 Å². The number of rotatable bonds is 3. The van der Waals surface area contributed by atoms with Crippen LogP contribution >= 0.6 is 0 Å². The molecule has 1 aromatic carbocycles. The van der Waals surface area contributed by atoms with E-state index in [1.807, 2.05) is 32.9 Å². The Balaban J connectivity index is 2.37. The van der Waals surface area contributed by atoms with Crippen molar-refractivity contribution in [3.63, 3.8) is 0 Å². The van der Waals surface area contributed by atoms with Crippen molar-refractivity contribution in [1.82, 2.24) is 14.9 Å². The number of urea groups is 1. The van der Waals surface area contributed by atoms with Crippen LogP contribution in [0.2, 0.25) is 0 Å². The van der Waals surface area contributed by atoms with E-state index in [1.54, 1.807) is 18.3 Å². The highest BCUT2D eigenvalue weighted by Gasteiger charge is 2.11. The third kappa shape index (κ3) is 2.90. The lowest BCUT2D eigenvalue weighted by Crippen LogP contribution is -2.34. The van der Waals surface area contributed by atoms with Gasteiger partial charge in [0, 0.05) is 17.9 Å². The Bertz CT molecular complexity index is 670. The average Bonchev–Trinajstić information content (AvgIpc) is 2.69. The second kappa shape index (κ2) is 5.64. The number of carbonyl (C=O) groups excluding carboxylic acids is 1. The number of para-hydroxylation sites is 2. The fourth-order valence-electron chi connectivity index (χ4n) is 1.95. The molecule has 0 saturated carbocycles. The monoisotopic (exact) mass is 274 g/mol. The second-order valence-electron chi connectivity index (χ2n) is 4.84. The topological polar surface area (TPSA) is 78.9 Å². The highest BCUT2D eigenvalue weighted by Crippen LogP contribution is 2.19. The standard InChI is InChI=1S/C14H18N4O2/c1-9(2)16-13(19)17-11-6-4-5-7-12(11)18-10(3)8-15-14(18)20/h4-9H,1-3H3,(H,15,20)(H2,16,17,19). The predicted octanol–water partition coefficient (Wildman–Crippen LogP) is 2.00. The zero-order chi connectivity index (χ0) is 14.7. The summed E-state index contributed by atoms with van der Waals surface area (Å²) in [7, 11) is 0. The molecule has 0 fully saturated rings. The molecule has 0 aliphatic carbocycles. The number of H-pyrrole nitrogens is 1. The fraction of sp³-hybridized carbons (Fsp3) is 0.286. The lowest BCUT2D eigenvalue weighted by Gasteiger charge is -2.14. The highest BCUT2D eigenvalue weighted by molar-refractivity contribution is 5.91. The van der Waals surface area contributed by atoms with Crippen molar-refractivity contribution < 1.29 is 4.79 Å². The van der Waals surface area contributed by atoms with Crippen molar-refractivity contribution in [1.29, 1.82) is 0 Å². The molecule has 0 unspecified atom stereocenters. The maximum atomic E-state index is 11.8. The first-order valence-corrected chi connectivity index (χ1v) is 6.43. The number of imidazole rings is 1. The van der Waals surface area contributed by atoms with E-state index in [9.17, 15) is 9.59 Å². The molecule has 0 atom stereocenters. The number of nitrogens with one attached hydrogen (secondary N) is 3. The third-order valence-corrected chi connectivity index (χ3v) is 2.77. The van der Waals surface area contributed by atoms with Gasteiger partial charge < -0.3 is 15.6 Å². The van der Waals surface area contributed by atoms with Crippen molar-refractivity contribution in [2.75, 3.05) is 5.32 Å². The Morgan fingerprint density at radius 3 is 2.60 bits per heavy atom. The van der Waals surface area contributed by atoms with Gasteiger partial charge in [-0.1, -0.05) is 12.1 Å². The maximum absolute atomic E-state index is 11.8. The van der Waals surface area contributed by atoms with Gasteiger partial charge in [0.15, 0.2) is 0 Å². The van der Waals surface area contributed by atoms with Crippen LogP contribution in [0.5, 0.6) is 0 Å². The van der Waals surface area contributed by atoms with E-state index in [0.717, 1.165) is 5.69 Å². The molecule has 2 aromatic rings. The lowest BCUT2D eigenvalue weighted by molar-refractivity contribution is 0.250. The number of aromatic nitrogens is 2. The van der Waals surface area contributed by atoms with Crippen LogP contribution in [0.1, 0.15) is 19.5 Å². The molecule has 1 aromatic heterocycles. The van der Waals surface area contributed by atoms with E-state index in [2.05, 4.69) is 15.6 Å². The molecular weight excluding hydrogens is 256 g/mol. The molecule has 0 aliphatic rings. The van der Waals surface area contributed by atoms with E-state index < -0.39 is 0 Å². The van der Waals surface area contributed by atoms with Gasteiger partial charge in [0.1, 0.15) is 0 Å². The van der Waals surface area contributed by atoms with Crippen molar-refractivity contribution in [3.8, 4) is 5.69 Å². The number of hydrogen-bond donors (Lipinski definition) is 3. The number of nitrogens with zero attached hydrogens (tertiary/aromatic N) is 1. The Labute approximate surface area is 116 Å². The quantitative estimate of drug-likeness (QED) is 0.800. The molecule has 6 nitrogen and oxygen atoms in total. The minimum absolute atomic E-state index is 0.0406. The van der Waals surface area contributed by atoms with Gasteiger partial charge >= 0.3 is 11.7 Å². The summed E-state index contributed by atoms with van der Waals surface area (Å²) in [4.78, 5) is 26.3. The molecule has 2 rings (SSSR count). The summed E-state index contributed by atoms with van der Waals surface area (Å²) in [5, 5.41) is 5.51. The first-order chi connectivity index (χ1) is 9.49. The Morgan fingerprint density at radius 1 is 1.30 bits per heavy atom. The number of hydrogen-bond acceptors (Lipinski definition) is 2. The van der Waals surface area contributed by atoms with E-state index >= 15 is 0 Å². The summed E-state index contributed by atoms with van der Waals surface area (Å²) < 4.78 is 1.52. The van der Waals surface area contributed by atoms with Crippen molar-refractivity contribution in [2.24, 2.45) is 0 Å². The van der Waals surface area contributed by atoms with Crippen LogP contribution < -0.4 is 16.3 Å². The van der Waals surface area contributed by atoms with E-state index in [4.69, 9.17) is 0 Å². The van der Waals surface area contributed by atoms with E-state index in [1.165, 1.54) is 4.57 Å². The third-order valence-electron chi connectivity index (χ3n) is 2.77. The van der Waals surface area contributed by atoms with E-state index in [-0.39, 0.29) is 17.8 Å². The molecule has 0 saturated heterocycles. The molecule has 0 spiro atoms. The fourth-order valence-corrected chi connectivity index (χ4v) is 1.95. The van der Waals surface area contributed by atoms with Gasteiger partial charge in [0.05, 0.1) is 11.4 Å². The molecule has 1 heterocycles. The van der Waals surface area contributed by atoms with Crippen molar-refractivity contribution in [2.45, 2.75) is 26.8 Å². The summed E-state index contributed by atoms with van der Waals surface area (Å²) in [6.07, 6.45) is 1.63. The van der Waals surface area contributed by atoms with Crippen molar-refractivity contribution in [3.05, 3.63) is 46.6 Å². The van der Waals surface area contributed by atoms with Crippen LogP contribution in [0.25, 0.3) is 5.69 Å². The van der Waals surface area contributed by atoms with Gasteiger partial charge in [-0.15, -0.1) is 0 Å². The lowest BCUT2D eigenvalue weighted by atomic mass is 10.2. The van der Waals surface area contributed by atoms with Crippen LogP contribution in [-0.4, -0.2) is 21.6 Å². The highest BCUT2D eigenvalue weighted by atomic mass is 16.2. The number of benzene rings is 1. The number of anilines is 1. The molecule has 106 valence electrons. The van der Waals surface area contributed by atoms with Crippen molar-refractivity contribution >= 4 is 11.7 Å². The van der Waals surface area contributed by atoms with Crippen LogP contribution in [0, 0.1) is 6.92 Å². The first kappa shape index (κ1) is 13.9. The van der Waals surface area contributed by atoms with Gasteiger partial charge in [-0.25, -0.2) is 9.59 Å². The summed E-state index contributed by atoms with van der Waals surface area (Å²) in [5.74, 6) is 0. The molecule has 0 aliphatic heterocycles. The maximum Gasteiger partial charge on any atom is 0.330 e. The molecular formula is C14H18N4O2. The minimum atomic E-state index is -0.298. The van der Waals surface area contributed by atoms with Crippen LogP contribution in [0.15, 0.2) is 35.3 Å². The molecule has 20 heavy (non-hydrogen) atoms. The first-order valence-electron chi connectivity index (χ1n) is 6.43. The molecule has 0 bridgehead atoms. The zero-order valence-corrected chi connectivity index (χ0v) is 11.7. The van der Waals surface area contributed by atoms with Gasteiger partial charge in [-0.3, -0.25) is 4.57 Å². The van der Waals surface area contributed by atoms with Crippen LogP contribution in [-0.2, 0) is 0 Å². The number of amides is 2. The summed E-state index contributed by atoms with van der Waals surface area (Å²) >= 11 is 0. The largest absolute Gasteiger partial charge is 0.336 e. The van der Waals surface area contributed by atoms with Gasteiger partial charge in [0.25, 0.3) is 0 Å². The van der Waals surface area contributed by atoms with E-state index in [0.29, 0.717) is 11.4 Å². The minimum Gasteiger partial charge on any atom is -0.336 e. The Kier molecular flexibility index (Phi) is 3.93. The second-order valence-corrected chi connectivity index (χ2v) is 4.84. The summed E-state index contributed by atoms with van der Waals surface area (Å²) in [6, 6.07) is 6.91. The van der Waals surface area contributed by atoms with Gasteiger partial charge in [0.2, 0.25) is 0 Å². The SMILES string of the molecule is Cc1c[nH]c(=O)n1-c1ccccc1NC(=O)NC(C)C. The molecule has 0 radical (unpaired) electrons. The summed E-state index contributed by atoms with van der Waals surface area (Å²) in [5.41, 5.74) is 1.75. The average molecular weight is 274 g/mol. The Morgan fingerprint density at radius 2 is 2.00 bits per heavy atom. The van der Waals surface area contributed by atoms with Crippen LogP contribution in [0.4, 0.5) is 10.5 Å². The Hall–Kier alpha value is -2.50. The molecule has 6 heteroatoms. The normalized spacial score (nSPS) is 10.6.